The van der Waals surface area contributed by atoms with Crippen molar-refractivity contribution in [3.8, 4) is 0 Å². The summed E-state index contributed by atoms with van der Waals surface area (Å²) in [4.78, 5) is 16.1. The maximum absolute atomic E-state index is 12.3. The molecule has 124 valence electrons. The molecular formula is C13H18N6O3S. The molecule has 1 aromatic carbocycles. The molecule has 0 spiro atoms. The van der Waals surface area contributed by atoms with Crippen LogP contribution in [0.25, 0.3) is 0 Å². The summed E-state index contributed by atoms with van der Waals surface area (Å²) in [7, 11) is -3.62. The molecule has 0 bridgehead atoms. The molecule has 1 atom stereocenters. The van der Waals surface area contributed by atoms with Crippen molar-refractivity contribution >= 4 is 27.6 Å². The lowest BCUT2D eigenvalue weighted by Gasteiger charge is -2.28. The molecule has 1 heterocycles. The second-order valence-corrected chi connectivity index (χ2v) is 6.79. The van der Waals surface area contributed by atoms with Gasteiger partial charge >= 0.3 is 0 Å². The van der Waals surface area contributed by atoms with Crippen LogP contribution in [0.1, 0.15) is 12.7 Å². The lowest BCUT2D eigenvalue weighted by molar-refractivity contribution is -0.122. The number of para-hydroxylation sites is 1. The summed E-state index contributed by atoms with van der Waals surface area (Å²) in [6.07, 6.45) is 1.06. The Hall–Kier alpha value is -2.62. The van der Waals surface area contributed by atoms with E-state index in [1.807, 2.05) is 0 Å². The van der Waals surface area contributed by atoms with Crippen molar-refractivity contribution in [3.63, 3.8) is 0 Å². The van der Waals surface area contributed by atoms with Gasteiger partial charge in [0.15, 0.2) is 0 Å². The molecule has 0 aliphatic rings. The second-order valence-electron chi connectivity index (χ2n) is 4.93. The van der Waals surface area contributed by atoms with Crippen molar-refractivity contribution in [3.05, 3.63) is 36.2 Å². The number of aromatic nitrogens is 3. The van der Waals surface area contributed by atoms with Gasteiger partial charge in [0.25, 0.3) is 0 Å². The maximum atomic E-state index is 12.3. The second kappa shape index (κ2) is 6.65. The number of nitrogens with one attached hydrogen (secondary N) is 2. The molecule has 0 fully saturated rings. The highest BCUT2D eigenvalue weighted by molar-refractivity contribution is 7.92. The van der Waals surface area contributed by atoms with Gasteiger partial charge in [-0.15, -0.1) is 5.10 Å². The minimum atomic E-state index is -3.62. The number of rotatable bonds is 6. The van der Waals surface area contributed by atoms with Crippen molar-refractivity contribution in [1.29, 1.82) is 0 Å². The molecule has 23 heavy (non-hydrogen) atoms. The van der Waals surface area contributed by atoms with E-state index < -0.39 is 22.0 Å². The van der Waals surface area contributed by atoms with E-state index in [9.17, 15) is 13.2 Å². The van der Waals surface area contributed by atoms with E-state index in [4.69, 9.17) is 5.73 Å². The predicted octanol–water partition coefficient (Wildman–Crippen LogP) is -0.142. The van der Waals surface area contributed by atoms with Crippen molar-refractivity contribution in [1.82, 2.24) is 20.5 Å². The molecule has 10 heteroatoms. The van der Waals surface area contributed by atoms with Gasteiger partial charge in [0.2, 0.25) is 21.9 Å². The Morgan fingerprint density at radius 3 is 2.57 bits per heavy atom. The Balaban J connectivity index is 2.14. The summed E-state index contributed by atoms with van der Waals surface area (Å²) < 4.78 is 25.2. The van der Waals surface area contributed by atoms with Gasteiger partial charge in [0.05, 0.1) is 18.5 Å². The molecule has 2 rings (SSSR count). The number of sulfonamides is 1. The summed E-state index contributed by atoms with van der Waals surface area (Å²) in [5.41, 5.74) is 5.79. The first-order valence-electron chi connectivity index (χ1n) is 6.78. The number of benzene rings is 1. The number of H-pyrrole nitrogens is 1. The first-order chi connectivity index (χ1) is 10.8. The molecule has 1 amide bonds. The molecule has 1 aromatic heterocycles. The number of carbonyl (C=O) groups is 1. The molecule has 0 radical (unpaired) electrons. The van der Waals surface area contributed by atoms with Crippen molar-refractivity contribution < 1.29 is 13.2 Å². The Bertz CT molecular complexity index is 774. The van der Waals surface area contributed by atoms with E-state index in [-0.39, 0.29) is 12.5 Å². The normalized spacial score (nSPS) is 12.6. The van der Waals surface area contributed by atoms with Crippen LogP contribution in [0.3, 0.4) is 0 Å². The minimum absolute atomic E-state index is 0.0692. The van der Waals surface area contributed by atoms with E-state index in [2.05, 4.69) is 20.5 Å². The standard InChI is InChI=1S/C13H18N6O3S/c1-9(12(20)15-8-11-16-13(14)18-17-11)19(23(2,21)22)10-6-4-3-5-7-10/h3-7,9H,8H2,1-2H3,(H,15,20)(H3,14,16,17,18)/t9-/m0/s1. The molecular weight excluding hydrogens is 320 g/mol. The van der Waals surface area contributed by atoms with E-state index in [1.165, 1.54) is 6.92 Å². The van der Waals surface area contributed by atoms with Gasteiger partial charge < -0.3 is 11.1 Å². The monoisotopic (exact) mass is 338 g/mol. The van der Waals surface area contributed by atoms with Crippen LogP contribution >= 0.6 is 0 Å². The van der Waals surface area contributed by atoms with Crippen LogP contribution in [0, 0.1) is 0 Å². The van der Waals surface area contributed by atoms with Gasteiger partial charge in [-0.2, -0.15) is 4.98 Å². The van der Waals surface area contributed by atoms with Crippen LogP contribution in [0.4, 0.5) is 11.6 Å². The molecule has 4 N–H and O–H groups in total. The summed E-state index contributed by atoms with van der Waals surface area (Å²) >= 11 is 0. The highest BCUT2D eigenvalue weighted by Crippen LogP contribution is 2.20. The zero-order valence-electron chi connectivity index (χ0n) is 12.7. The molecule has 0 saturated carbocycles. The molecule has 0 unspecified atom stereocenters. The zero-order valence-corrected chi connectivity index (χ0v) is 13.5. The highest BCUT2D eigenvalue weighted by atomic mass is 32.2. The average Bonchev–Trinajstić information content (AvgIpc) is 2.90. The van der Waals surface area contributed by atoms with Gasteiger partial charge in [0.1, 0.15) is 11.9 Å². The number of nitrogen functional groups attached to an aromatic ring is 1. The number of anilines is 2. The fraction of sp³-hybridized carbons (Fsp3) is 0.308. The van der Waals surface area contributed by atoms with Crippen molar-refractivity contribution in [2.75, 3.05) is 16.3 Å². The largest absolute Gasteiger partial charge is 0.367 e. The quantitative estimate of drug-likeness (QED) is 0.671. The topological polar surface area (TPSA) is 134 Å². The number of amides is 1. The number of nitrogens with zero attached hydrogens (tertiary/aromatic N) is 3. The molecule has 0 aliphatic carbocycles. The molecule has 2 aromatic rings. The summed E-state index contributed by atoms with van der Waals surface area (Å²) in [5.74, 6) is -0.00717. The average molecular weight is 338 g/mol. The summed E-state index contributed by atoms with van der Waals surface area (Å²) in [6, 6.07) is 7.50. The van der Waals surface area contributed by atoms with Gasteiger partial charge in [-0.25, -0.2) is 8.42 Å². The van der Waals surface area contributed by atoms with Crippen LogP contribution in [-0.2, 0) is 21.4 Å². The summed E-state index contributed by atoms with van der Waals surface area (Å²) in [6.45, 7) is 1.58. The highest BCUT2D eigenvalue weighted by Gasteiger charge is 2.28. The third kappa shape index (κ3) is 4.19. The van der Waals surface area contributed by atoms with E-state index >= 15 is 0 Å². The first-order valence-corrected chi connectivity index (χ1v) is 8.63. The van der Waals surface area contributed by atoms with Gasteiger partial charge in [0, 0.05) is 0 Å². The Morgan fingerprint density at radius 1 is 1.39 bits per heavy atom. The SMILES string of the molecule is C[C@@H](C(=O)NCc1nc(N)n[nH]1)N(c1ccccc1)S(C)(=O)=O. The third-order valence-corrected chi connectivity index (χ3v) is 4.32. The molecule has 0 aliphatic heterocycles. The van der Waals surface area contributed by atoms with Gasteiger partial charge in [-0.05, 0) is 19.1 Å². The third-order valence-electron chi connectivity index (χ3n) is 3.08. The van der Waals surface area contributed by atoms with Crippen LogP contribution < -0.4 is 15.4 Å². The Labute approximate surface area is 134 Å². The van der Waals surface area contributed by atoms with Crippen molar-refractivity contribution in [2.24, 2.45) is 0 Å². The zero-order chi connectivity index (χ0) is 17.0. The van der Waals surface area contributed by atoms with Gasteiger partial charge in [-0.3, -0.25) is 14.2 Å². The lowest BCUT2D eigenvalue weighted by Crippen LogP contribution is -2.47. The van der Waals surface area contributed by atoms with E-state index in [0.29, 0.717) is 11.5 Å². The number of aromatic amines is 1. The maximum Gasteiger partial charge on any atom is 0.243 e. The Morgan fingerprint density at radius 2 is 2.04 bits per heavy atom. The van der Waals surface area contributed by atoms with Crippen LogP contribution in [0.5, 0.6) is 0 Å². The molecule has 9 nitrogen and oxygen atoms in total. The fourth-order valence-corrected chi connectivity index (χ4v) is 3.27. The van der Waals surface area contributed by atoms with E-state index in [1.54, 1.807) is 30.3 Å². The number of nitrogens with two attached hydrogens (primary N) is 1. The number of hydrogen-bond acceptors (Lipinski definition) is 6. The fourth-order valence-electron chi connectivity index (χ4n) is 2.09. The van der Waals surface area contributed by atoms with E-state index in [0.717, 1.165) is 10.6 Å². The van der Waals surface area contributed by atoms with Gasteiger partial charge in [-0.1, -0.05) is 18.2 Å². The summed E-state index contributed by atoms with van der Waals surface area (Å²) in [5, 5.41) is 8.80. The molecule has 0 saturated heterocycles. The lowest BCUT2D eigenvalue weighted by atomic mass is 10.2. The first kappa shape index (κ1) is 16.7. The number of hydrogen-bond donors (Lipinski definition) is 3. The minimum Gasteiger partial charge on any atom is -0.367 e. The van der Waals surface area contributed by atoms with Crippen LogP contribution in [0.2, 0.25) is 0 Å². The Kier molecular flexibility index (Phi) is 4.84. The predicted molar refractivity (Wildman–Crippen MR) is 85.9 cm³/mol. The number of carbonyl (C=O) groups excluding carboxylic acids is 1. The smallest absolute Gasteiger partial charge is 0.243 e. The van der Waals surface area contributed by atoms with Crippen LogP contribution in [-0.4, -0.2) is 41.8 Å². The van der Waals surface area contributed by atoms with Crippen molar-refractivity contribution in [2.45, 2.75) is 19.5 Å². The van der Waals surface area contributed by atoms with Crippen LogP contribution in [0.15, 0.2) is 30.3 Å².